The number of hydrogen-bond acceptors (Lipinski definition) is 3. The second-order valence-corrected chi connectivity index (χ2v) is 6.70. The number of rotatable bonds is 5. The molecule has 21 heavy (non-hydrogen) atoms. The van der Waals surface area contributed by atoms with E-state index in [-0.39, 0.29) is 0 Å². The zero-order valence-corrected chi connectivity index (χ0v) is 13.4. The molecule has 2 unspecified atom stereocenters. The number of nitrogens with zero attached hydrogens (tertiary/aromatic N) is 2. The molecule has 2 aliphatic rings. The van der Waals surface area contributed by atoms with Gasteiger partial charge in [-0.1, -0.05) is 25.8 Å². The van der Waals surface area contributed by atoms with E-state index in [0.29, 0.717) is 0 Å². The van der Waals surface area contributed by atoms with Crippen LogP contribution in [0.5, 0.6) is 0 Å². The van der Waals surface area contributed by atoms with Crippen LogP contribution >= 0.6 is 0 Å². The van der Waals surface area contributed by atoms with Crippen molar-refractivity contribution in [3.63, 3.8) is 0 Å². The Morgan fingerprint density at radius 3 is 2.86 bits per heavy atom. The lowest BCUT2D eigenvalue weighted by Crippen LogP contribution is -2.46. The first-order chi connectivity index (χ1) is 10.4. The summed E-state index contributed by atoms with van der Waals surface area (Å²) in [7, 11) is 0. The number of fused-ring (bicyclic) bond motifs is 1. The van der Waals surface area contributed by atoms with Crippen LogP contribution < -0.4 is 5.32 Å². The van der Waals surface area contributed by atoms with E-state index in [1.807, 2.05) is 0 Å². The molecule has 1 saturated heterocycles. The predicted molar refractivity (Wildman–Crippen MR) is 88.4 cm³/mol. The summed E-state index contributed by atoms with van der Waals surface area (Å²) in [6.45, 7) is 5.54. The second kappa shape index (κ2) is 7.26. The maximum Gasteiger partial charge on any atom is 0.125 e. The predicted octanol–water partition coefficient (Wildman–Crippen LogP) is 4.06. The van der Waals surface area contributed by atoms with E-state index in [9.17, 15) is 0 Å². The summed E-state index contributed by atoms with van der Waals surface area (Å²) in [6, 6.07) is 5.22. The van der Waals surface area contributed by atoms with Crippen LogP contribution in [-0.2, 0) is 6.54 Å². The number of hydrogen-bond donors (Lipinski definition) is 1. The van der Waals surface area contributed by atoms with Gasteiger partial charge >= 0.3 is 0 Å². The third kappa shape index (κ3) is 3.76. The van der Waals surface area contributed by atoms with E-state index >= 15 is 0 Å². The summed E-state index contributed by atoms with van der Waals surface area (Å²) in [5, 5.41) is 3.35. The standard InChI is InChI=1S/C18H29N3/c1-2-11-19-18-10-9-15(13-20-18)14-21-12-5-7-16-6-3-4-8-17(16)21/h9-10,13,16-17H,2-8,11-12,14H2,1H3,(H,19,20). The van der Waals surface area contributed by atoms with Gasteiger partial charge in [0.15, 0.2) is 0 Å². The van der Waals surface area contributed by atoms with Crippen LogP contribution in [0.25, 0.3) is 0 Å². The molecule has 0 spiro atoms. The Kier molecular flexibility index (Phi) is 5.13. The van der Waals surface area contributed by atoms with E-state index < -0.39 is 0 Å². The van der Waals surface area contributed by atoms with Crippen molar-refractivity contribution in [2.45, 2.75) is 64.5 Å². The van der Waals surface area contributed by atoms with Gasteiger partial charge in [-0.3, -0.25) is 4.90 Å². The van der Waals surface area contributed by atoms with Gasteiger partial charge in [0, 0.05) is 25.3 Å². The Hall–Kier alpha value is -1.09. The van der Waals surface area contributed by atoms with E-state index in [1.54, 1.807) is 0 Å². The van der Waals surface area contributed by atoms with Crippen molar-refractivity contribution in [2.24, 2.45) is 5.92 Å². The van der Waals surface area contributed by atoms with Gasteiger partial charge in [0.05, 0.1) is 0 Å². The van der Waals surface area contributed by atoms with Crippen molar-refractivity contribution in [1.29, 1.82) is 0 Å². The van der Waals surface area contributed by atoms with Crippen LogP contribution in [0.3, 0.4) is 0 Å². The number of aromatic nitrogens is 1. The quantitative estimate of drug-likeness (QED) is 0.885. The van der Waals surface area contributed by atoms with Crippen LogP contribution in [0.1, 0.15) is 57.4 Å². The highest BCUT2D eigenvalue weighted by Gasteiger charge is 2.32. The molecule has 2 heterocycles. The monoisotopic (exact) mass is 287 g/mol. The maximum atomic E-state index is 4.55. The van der Waals surface area contributed by atoms with Gasteiger partial charge < -0.3 is 5.32 Å². The highest BCUT2D eigenvalue weighted by molar-refractivity contribution is 5.35. The molecular weight excluding hydrogens is 258 g/mol. The number of piperidine rings is 1. The minimum absolute atomic E-state index is 0.838. The fourth-order valence-corrected chi connectivity index (χ4v) is 4.03. The van der Waals surface area contributed by atoms with Crippen molar-refractivity contribution in [2.75, 3.05) is 18.4 Å². The average molecular weight is 287 g/mol. The van der Waals surface area contributed by atoms with Crippen LogP contribution in [-0.4, -0.2) is 29.0 Å². The van der Waals surface area contributed by atoms with E-state index in [1.165, 1.54) is 50.6 Å². The molecule has 2 fully saturated rings. The first-order valence-electron chi connectivity index (χ1n) is 8.79. The summed E-state index contributed by atoms with van der Waals surface area (Å²) in [5.74, 6) is 1.97. The molecule has 1 N–H and O–H groups in total. The molecule has 0 bridgehead atoms. The lowest BCUT2D eigenvalue weighted by atomic mass is 9.78. The first-order valence-corrected chi connectivity index (χ1v) is 8.79. The first kappa shape index (κ1) is 14.8. The molecule has 1 aliphatic carbocycles. The van der Waals surface area contributed by atoms with Crippen molar-refractivity contribution < 1.29 is 0 Å². The molecule has 0 amide bonds. The zero-order valence-electron chi connectivity index (χ0n) is 13.4. The molecular formula is C18H29N3. The fourth-order valence-electron chi connectivity index (χ4n) is 4.03. The molecule has 3 heteroatoms. The molecule has 1 aromatic rings. The van der Waals surface area contributed by atoms with Crippen LogP contribution in [0.15, 0.2) is 18.3 Å². The van der Waals surface area contributed by atoms with E-state index in [4.69, 9.17) is 0 Å². The minimum Gasteiger partial charge on any atom is -0.370 e. The SMILES string of the molecule is CCCNc1ccc(CN2CCCC3CCCCC32)cn1. The smallest absolute Gasteiger partial charge is 0.125 e. The summed E-state index contributed by atoms with van der Waals surface area (Å²) in [5.41, 5.74) is 1.36. The number of pyridine rings is 1. The Labute approximate surface area is 129 Å². The normalized spacial score (nSPS) is 26.3. The largest absolute Gasteiger partial charge is 0.370 e. The van der Waals surface area contributed by atoms with Gasteiger partial charge in [0.1, 0.15) is 5.82 Å². The van der Waals surface area contributed by atoms with Gasteiger partial charge in [-0.05, 0) is 56.2 Å². The lowest BCUT2D eigenvalue weighted by Gasteiger charge is -2.44. The third-order valence-corrected chi connectivity index (χ3v) is 5.12. The number of nitrogens with one attached hydrogen (secondary N) is 1. The second-order valence-electron chi connectivity index (χ2n) is 6.70. The van der Waals surface area contributed by atoms with Crippen molar-refractivity contribution in [3.05, 3.63) is 23.9 Å². The molecule has 116 valence electrons. The lowest BCUT2D eigenvalue weighted by molar-refractivity contribution is 0.0546. The number of anilines is 1. The molecule has 0 radical (unpaired) electrons. The number of likely N-dealkylation sites (tertiary alicyclic amines) is 1. The Morgan fingerprint density at radius 2 is 2.05 bits per heavy atom. The van der Waals surface area contributed by atoms with Crippen LogP contribution in [0.4, 0.5) is 5.82 Å². The molecule has 2 atom stereocenters. The highest BCUT2D eigenvalue weighted by Crippen LogP contribution is 2.35. The summed E-state index contributed by atoms with van der Waals surface area (Å²) in [6.07, 6.45) is 11.8. The van der Waals surface area contributed by atoms with E-state index in [0.717, 1.165) is 37.3 Å². The molecule has 1 aromatic heterocycles. The molecule has 1 saturated carbocycles. The summed E-state index contributed by atoms with van der Waals surface area (Å²) in [4.78, 5) is 7.27. The van der Waals surface area contributed by atoms with Crippen molar-refractivity contribution >= 4 is 5.82 Å². The minimum atomic E-state index is 0.838. The summed E-state index contributed by atoms with van der Waals surface area (Å²) < 4.78 is 0. The average Bonchev–Trinajstić information content (AvgIpc) is 2.55. The van der Waals surface area contributed by atoms with E-state index in [2.05, 4.69) is 40.5 Å². The Balaban J connectivity index is 1.59. The molecule has 0 aromatic carbocycles. The molecule has 1 aliphatic heterocycles. The van der Waals surface area contributed by atoms with Crippen molar-refractivity contribution in [3.8, 4) is 0 Å². The third-order valence-electron chi connectivity index (χ3n) is 5.12. The topological polar surface area (TPSA) is 28.2 Å². The molecule has 3 nitrogen and oxygen atoms in total. The van der Waals surface area contributed by atoms with Gasteiger partial charge in [-0.2, -0.15) is 0 Å². The zero-order chi connectivity index (χ0) is 14.5. The Morgan fingerprint density at radius 1 is 1.19 bits per heavy atom. The fraction of sp³-hybridized carbons (Fsp3) is 0.722. The van der Waals surface area contributed by atoms with Crippen molar-refractivity contribution in [1.82, 2.24) is 9.88 Å². The van der Waals surface area contributed by atoms with Gasteiger partial charge in [0.25, 0.3) is 0 Å². The Bertz CT molecular complexity index is 427. The van der Waals surface area contributed by atoms with Gasteiger partial charge in [-0.25, -0.2) is 4.98 Å². The van der Waals surface area contributed by atoms with Crippen LogP contribution in [0.2, 0.25) is 0 Å². The van der Waals surface area contributed by atoms with Gasteiger partial charge in [-0.15, -0.1) is 0 Å². The molecule has 3 rings (SSSR count). The summed E-state index contributed by atoms with van der Waals surface area (Å²) >= 11 is 0. The maximum absolute atomic E-state index is 4.55. The van der Waals surface area contributed by atoms with Crippen LogP contribution in [0, 0.1) is 5.92 Å². The van der Waals surface area contributed by atoms with Gasteiger partial charge in [0.2, 0.25) is 0 Å². The highest BCUT2D eigenvalue weighted by atomic mass is 15.2.